The summed E-state index contributed by atoms with van der Waals surface area (Å²) >= 11 is 0. The number of carbonyl (C=O) groups excluding carboxylic acids is 2. The zero-order valence-corrected chi connectivity index (χ0v) is 27.1. The van der Waals surface area contributed by atoms with Crippen molar-refractivity contribution in [2.75, 3.05) is 0 Å². The van der Waals surface area contributed by atoms with Crippen molar-refractivity contribution in [3.05, 3.63) is 144 Å². The van der Waals surface area contributed by atoms with Crippen molar-refractivity contribution in [3.63, 3.8) is 0 Å². The maximum atomic E-state index is 14.7. The number of nitrogens with zero attached hydrogens (tertiary/aromatic N) is 1. The Hall–Kier alpha value is -4.38. The van der Waals surface area contributed by atoms with Crippen LogP contribution in [0.15, 0.2) is 121 Å². The third kappa shape index (κ3) is 6.74. The molecule has 1 heterocycles. The first-order chi connectivity index (χ1) is 22.3. The summed E-state index contributed by atoms with van der Waals surface area (Å²) in [4.78, 5) is 30.3. The maximum Gasteiger partial charge on any atom is 0.411 e. The fourth-order valence-electron chi connectivity index (χ4n) is 7.62. The fourth-order valence-corrected chi connectivity index (χ4v) is 7.62. The van der Waals surface area contributed by atoms with E-state index in [2.05, 4.69) is 57.2 Å². The van der Waals surface area contributed by atoms with Gasteiger partial charge in [0, 0.05) is 5.92 Å². The van der Waals surface area contributed by atoms with E-state index in [9.17, 15) is 9.59 Å². The SMILES string of the molecule is C[C@@H]1CC[C@@H](C(C)(C)c2ccccc2)[C@@H](OC(=O)C2C(CCc3ccccc3)OC(=O)N2C(c2ccccc2)c2ccccc2)C1. The second-order valence-corrected chi connectivity index (χ2v) is 13.6. The third-order valence-electron chi connectivity index (χ3n) is 10.2. The summed E-state index contributed by atoms with van der Waals surface area (Å²) in [5, 5.41) is 0. The molecule has 2 aliphatic rings. The molecule has 5 nitrogen and oxygen atoms in total. The van der Waals surface area contributed by atoms with Crippen LogP contribution in [-0.2, 0) is 26.1 Å². The van der Waals surface area contributed by atoms with Gasteiger partial charge >= 0.3 is 12.1 Å². The smallest absolute Gasteiger partial charge is 0.411 e. The van der Waals surface area contributed by atoms with Crippen LogP contribution in [0, 0.1) is 11.8 Å². The number of aryl methyl sites for hydroxylation is 1. The molecule has 5 heteroatoms. The van der Waals surface area contributed by atoms with E-state index < -0.39 is 24.3 Å². The molecule has 0 radical (unpaired) electrons. The Morgan fingerprint density at radius 3 is 1.96 bits per heavy atom. The van der Waals surface area contributed by atoms with Crippen LogP contribution in [0.3, 0.4) is 0 Å². The highest BCUT2D eigenvalue weighted by atomic mass is 16.6. The number of benzene rings is 4. The minimum Gasteiger partial charge on any atom is -0.460 e. The molecule has 1 saturated carbocycles. The quantitative estimate of drug-likeness (QED) is 0.167. The summed E-state index contributed by atoms with van der Waals surface area (Å²) in [7, 11) is 0. The van der Waals surface area contributed by atoms with E-state index in [1.54, 1.807) is 4.90 Å². The molecule has 1 saturated heterocycles. The van der Waals surface area contributed by atoms with Gasteiger partial charge < -0.3 is 9.47 Å². The van der Waals surface area contributed by atoms with E-state index in [1.807, 2.05) is 84.9 Å². The molecule has 0 aromatic heterocycles. The van der Waals surface area contributed by atoms with Gasteiger partial charge in [-0.15, -0.1) is 0 Å². The number of hydrogen-bond donors (Lipinski definition) is 0. The molecule has 5 atom stereocenters. The van der Waals surface area contributed by atoms with Gasteiger partial charge in [-0.25, -0.2) is 9.59 Å². The van der Waals surface area contributed by atoms with Crippen LogP contribution in [0.2, 0.25) is 0 Å². The van der Waals surface area contributed by atoms with E-state index in [-0.39, 0.29) is 23.4 Å². The Kier molecular flexibility index (Phi) is 9.58. The van der Waals surface area contributed by atoms with Gasteiger partial charge in [-0.2, -0.15) is 0 Å². The van der Waals surface area contributed by atoms with E-state index in [4.69, 9.17) is 9.47 Å². The van der Waals surface area contributed by atoms with Crippen molar-refractivity contribution in [2.24, 2.45) is 11.8 Å². The summed E-state index contributed by atoms with van der Waals surface area (Å²) < 4.78 is 12.7. The average Bonchev–Trinajstić information content (AvgIpc) is 3.41. The van der Waals surface area contributed by atoms with E-state index in [0.717, 1.165) is 36.0 Å². The summed E-state index contributed by atoms with van der Waals surface area (Å²) in [6.45, 7) is 6.77. The largest absolute Gasteiger partial charge is 0.460 e. The Morgan fingerprint density at radius 2 is 1.37 bits per heavy atom. The van der Waals surface area contributed by atoms with E-state index in [0.29, 0.717) is 18.8 Å². The molecule has 46 heavy (non-hydrogen) atoms. The van der Waals surface area contributed by atoms with Gasteiger partial charge in [0.15, 0.2) is 6.04 Å². The standard InChI is InChI=1S/C41H45NO4/c1-29-24-26-34(41(2,3)33-22-14-7-15-23-33)36(28-29)45-39(43)38-35(27-25-30-16-8-4-9-17-30)46-40(44)42(38)37(31-18-10-5-11-19-31)32-20-12-6-13-21-32/h4-23,29,34-38H,24-28H2,1-3H3/t29-,34-,35?,36+,38?/m1/s1. The van der Waals surface area contributed by atoms with Gasteiger partial charge in [0.25, 0.3) is 0 Å². The van der Waals surface area contributed by atoms with Crippen LogP contribution >= 0.6 is 0 Å². The van der Waals surface area contributed by atoms with Crippen LogP contribution in [0.1, 0.15) is 74.8 Å². The van der Waals surface area contributed by atoms with Crippen molar-refractivity contribution in [1.82, 2.24) is 4.90 Å². The zero-order chi connectivity index (χ0) is 32.1. The van der Waals surface area contributed by atoms with Crippen LogP contribution < -0.4 is 0 Å². The Balaban J connectivity index is 1.36. The second-order valence-electron chi connectivity index (χ2n) is 13.6. The minimum absolute atomic E-state index is 0.142. The predicted molar refractivity (Wildman–Crippen MR) is 181 cm³/mol. The molecule has 238 valence electrons. The number of rotatable bonds is 10. The van der Waals surface area contributed by atoms with Gasteiger partial charge in [-0.1, -0.05) is 149 Å². The van der Waals surface area contributed by atoms with Gasteiger partial charge in [0.05, 0.1) is 6.04 Å². The molecule has 0 N–H and O–H groups in total. The highest BCUT2D eigenvalue weighted by Gasteiger charge is 2.52. The van der Waals surface area contributed by atoms with Crippen molar-refractivity contribution >= 4 is 12.1 Å². The molecule has 1 aliphatic heterocycles. The van der Waals surface area contributed by atoms with Crippen molar-refractivity contribution in [1.29, 1.82) is 0 Å². The molecular weight excluding hydrogens is 570 g/mol. The number of esters is 1. The molecule has 6 rings (SSSR count). The first-order valence-electron chi connectivity index (χ1n) is 16.7. The molecule has 0 bridgehead atoms. The lowest BCUT2D eigenvalue weighted by molar-refractivity contribution is -0.163. The number of hydrogen-bond acceptors (Lipinski definition) is 4. The molecule has 2 unspecified atom stereocenters. The van der Waals surface area contributed by atoms with Gasteiger partial charge in [-0.3, -0.25) is 4.90 Å². The summed E-state index contributed by atoms with van der Waals surface area (Å²) in [5.41, 5.74) is 4.02. The van der Waals surface area contributed by atoms with Gasteiger partial charge in [-0.05, 0) is 59.3 Å². The second kappa shape index (κ2) is 13.9. The molecule has 2 fully saturated rings. The molecule has 4 aromatic carbocycles. The van der Waals surface area contributed by atoms with Crippen LogP contribution in [0.5, 0.6) is 0 Å². The Morgan fingerprint density at radius 1 is 0.826 bits per heavy atom. The van der Waals surface area contributed by atoms with Gasteiger partial charge in [0.1, 0.15) is 12.2 Å². The normalized spacial score (nSPS) is 23.3. The van der Waals surface area contributed by atoms with Crippen molar-refractivity contribution < 1.29 is 19.1 Å². The van der Waals surface area contributed by atoms with Crippen LogP contribution in [0.4, 0.5) is 4.79 Å². The predicted octanol–water partition coefficient (Wildman–Crippen LogP) is 8.92. The zero-order valence-electron chi connectivity index (χ0n) is 27.1. The van der Waals surface area contributed by atoms with E-state index >= 15 is 0 Å². The average molecular weight is 616 g/mol. The van der Waals surface area contributed by atoms with Crippen LogP contribution in [0.25, 0.3) is 0 Å². The third-order valence-corrected chi connectivity index (χ3v) is 10.2. The lowest BCUT2D eigenvalue weighted by Gasteiger charge is -2.44. The van der Waals surface area contributed by atoms with Crippen molar-refractivity contribution in [2.45, 2.75) is 82.6 Å². The molecule has 1 aliphatic carbocycles. The number of ether oxygens (including phenoxy) is 2. The highest BCUT2D eigenvalue weighted by Crippen LogP contribution is 2.45. The Bertz CT molecular complexity index is 1530. The van der Waals surface area contributed by atoms with E-state index in [1.165, 1.54) is 5.56 Å². The first kappa shape index (κ1) is 31.6. The number of carbonyl (C=O) groups is 2. The first-order valence-corrected chi connectivity index (χ1v) is 16.7. The summed E-state index contributed by atoms with van der Waals surface area (Å²) in [6, 6.07) is 39.1. The molecule has 1 amide bonds. The summed E-state index contributed by atoms with van der Waals surface area (Å²) in [5.74, 6) is 0.200. The topological polar surface area (TPSA) is 55.8 Å². The summed E-state index contributed by atoms with van der Waals surface area (Å²) in [6.07, 6.45) is 2.65. The number of cyclic esters (lactones) is 1. The highest BCUT2D eigenvalue weighted by molar-refractivity contribution is 5.86. The molecule has 4 aromatic rings. The molecule has 0 spiro atoms. The van der Waals surface area contributed by atoms with Gasteiger partial charge in [0.2, 0.25) is 0 Å². The lowest BCUT2D eigenvalue weighted by Crippen LogP contribution is -2.50. The van der Waals surface area contributed by atoms with Crippen LogP contribution in [-0.4, -0.2) is 35.2 Å². The minimum atomic E-state index is -0.889. The lowest BCUT2D eigenvalue weighted by atomic mass is 9.64. The monoisotopic (exact) mass is 615 g/mol. The molecular formula is C41H45NO4. The Labute approximate surface area is 273 Å². The number of amides is 1. The fraction of sp³-hybridized carbons (Fsp3) is 0.366. The van der Waals surface area contributed by atoms with Crippen molar-refractivity contribution in [3.8, 4) is 0 Å². The maximum absolute atomic E-state index is 14.7.